The van der Waals surface area contributed by atoms with Crippen LogP contribution in [0.2, 0.25) is 0 Å². The maximum Gasteiger partial charge on any atom is 0.0361 e. The van der Waals surface area contributed by atoms with Gasteiger partial charge in [0.2, 0.25) is 0 Å². The highest BCUT2D eigenvalue weighted by Gasteiger charge is 1.94. The third kappa shape index (κ3) is 1.28. The second kappa shape index (κ2) is 2.89. The summed E-state index contributed by atoms with van der Waals surface area (Å²) >= 11 is 0. The first kappa shape index (κ1) is 7.22. The summed E-state index contributed by atoms with van der Waals surface area (Å²) in [6, 6.07) is 2.01. The Morgan fingerprint density at radius 3 is 3.17 bits per heavy atom. The summed E-state index contributed by atoms with van der Waals surface area (Å²) in [5, 5.41) is 2.31. The number of aliphatic imine (C=N–C) groups is 1. The molecule has 2 rings (SSSR count). The molecule has 1 atom stereocenters. The van der Waals surface area contributed by atoms with Crippen molar-refractivity contribution in [3.63, 3.8) is 0 Å². The lowest BCUT2D eigenvalue weighted by atomic mass is 10.1. The van der Waals surface area contributed by atoms with Gasteiger partial charge in [0.25, 0.3) is 0 Å². The van der Waals surface area contributed by atoms with Crippen LogP contribution in [0.25, 0.3) is 12.3 Å². The molecule has 0 fully saturated rings. The van der Waals surface area contributed by atoms with Crippen molar-refractivity contribution >= 4 is 18.5 Å². The molecule has 0 aromatic carbocycles. The van der Waals surface area contributed by atoms with E-state index < -0.39 is 0 Å². The van der Waals surface area contributed by atoms with Crippen LogP contribution < -0.4 is 10.4 Å². The summed E-state index contributed by atoms with van der Waals surface area (Å²) in [5.74, 6) is 0.407. The van der Waals surface area contributed by atoms with Crippen LogP contribution in [0.4, 0.5) is 0 Å². The Kier molecular flexibility index (Phi) is 1.74. The second-order valence-electron chi connectivity index (χ2n) is 2.96. The molecular weight excluding hydrogens is 148 g/mol. The average Bonchev–Trinajstić information content (AvgIpc) is 2.25. The van der Waals surface area contributed by atoms with E-state index in [-0.39, 0.29) is 0 Å². The number of nitrogens with zero attached hydrogens (tertiary/aromatic N) is 2. The fourth-order valence-corrected chi connectivity index (χ4v) is 1.26. The molecule has 0 aliphatic carbocycles. The van der Waals surface area contributed by atoms with Gasteiger partial charge in [0.05, 0.1) is 0 Å². The molecule has 1 unspecified atom stereocenters. The maximum absolute atomic E-state index is 4.17. The molecule has 0 amide bonds. The van der Waals surface area contributed by atoms with Crippen LogP contribution in [-0.2, 0) is 0 Å². The minimum absolute atomic E-state index is 0.407. The normalized spacial score (nSPS) is 20.2. The Hall–Kier alpha value is -1.44. The maximum atomic E-state index is 4.17. The van der Waals surface area contributed by atoms with Gasteiger partial charge in [-0.05, 0) is 11.3 Å². The number of fused-ring (bicyclic) bond motifs is 1. The zero-order chi connectivity index (χ0) is 8.39. The number of rotatable bonds is 0. The Morgan fingerprint density at radius 2 is 2.25 bits per heavy atom. The van der Waals surface area contributed by atoms with Gasteiger partial charge in [0.15, 0.2) is 0 Å². The van der Waals surface area contributed by atoms with Crippen LogP contribution >= 0.6 is 0 Å². The first-order valence-corrected chi connectivity index (χ1v) is 4.01. The van der Waals surface area contributed by atoms with Crippen molar-refractivity contribution in [3.8, 4) is 0 Å². The molecule has 1 aliphatic rings. The van der Waals surface area contributed by atoms with Crippen molar-refractivity contribution < 1.29 is 0 Å². The van der Waals surface area contributed by atoms with E-state index in [9.17, 15) is 0 Å². The van der Waals surface area contributed by atoms with Crippen molar-refractivity contribution in [3.05, 3.63) is 28.9 Å². The molecule has 1 aliphatic heterocycles. The fourth-order valence-electron chi connectivity index (χ4n) is 1.26. The van der Waals surface area contributed by atoms with E-state index in [2.05, 4.69) is 23.0 Å². The van der Waals surface area contributed by atoms with Gasteiger partial charge in [-0.2, -0.15) is 0 Å². The van der Waals surface area contributed by atoms with E-state index in [1.165, 1.54) is 5.22 Å². The van der Waals surface area contributed by atoms with Gasteiger partial charge < -0.3 is 0 Å². The van der Waals surface area contributed by atoms with Crippen LogP contribution in [0.1, 0.15) is 6.92 Å². The van der Waals surface area contributed by atoms with Crippen molar-refractivity contribution in [2.24, 2.45) is 10.9 Å². The first-order valence-electron chi connectivity index (χ1n) is 4.01. The largest absolute Gasteiger partial charge is 0.268 e. The standard InChI is InChI=1S/C10H10N2/c1-8-4-9-2-3-11-6-10(9)7-12-5-8/h2-8H,1H3. The molecule has 12 heavy (non-hydrogen) atoms. The van der Waals surface area contributed by atoms with Crippen LogP contribution in [0.5, 0.6) is 0 Å². The van der Waals surface area contributed by atoms with Gasteiger partial charge in [-0.1, -0.05) is 13.0 Å². The third-order valence-electron chi connectivity index (χ3n) is 1.86. The van der Waals surface area contributed by atoms with E-state index in [1.807, 2.05) is 24.7 Å². The van der Waals surface area contributed by atoms with E-state index >= 15 is 0 Å². The van der Waals surface area contributed by atoms with Crippen molar-refractivity contribution in [2.45, 2.75) is 6.92 Å². The molecule has 2 nitrogen and oxygen atoms in total. The molecule has 2 heterocycles. The second-order valence-corrected chi connectivity index (χ2v) is 2.96. The monoisotopic (exact) mass is 158 g/mol. The molecule has 0 bridgehead atoms. The van der Waals surface area contributed by atoms with Crippen LogP contribution in [0, 0.1) is 5.92 Å². The molecule has 0 saturated carbocycles. The number of pyridine rings is 1. The Bertz CT molecular complexity index is 418. The molecule has 0 saturated heterocycles. The van der Waals surface area contributed by atoms with E-state index in [0.29, 0.717) is 5.92 Å². The number of hydrogen-bond acceptors (Lipinski definition) is 2. The summed E-state index contributed by atoms with van der Waals surface area (Å²) in [4.78, 5) is 8.21. The van der Waals surface area contributed by atoms with Gasteiger partial charge in [0.1, 0.15) is 0 Å². The lowest BCUT2D eigenvalue weighted by Crippen LogP contribution is -2.24. The molecule has 0 spiro atoms. The van der Waals surface area contributed by atoms with Gasteiger partial charge in [-0.15, -0.1) is 0 Å². The topological polar surface area (TPSA) is 25.2 Å². The van der Waals surface area contributed by atoms with E-state index in [4.69, 9.17) is 0 Å². The number of aromatic nitrogens is 1. The van der Waals surface area contributed by atoms with Gasteiger partial charge in [-0.3, -0.25) is 9.98 Å². The Balaban J connectivity index is 2.75. The smallest absolute Gasteiger partial charge is 0.0361 e. The third-order valence-corrected chi connectivity index (χ3v) is 1.86. The SMILES string of the molecule is CC1C=NC=c2cnccc2=C1. The molecule has 0 radical (unpaired) electrons. The molecular formula is C10H10N2. The highest BCUT2D eigenvalue weighted by molar-refractivity contribution is 5.72. The molecule has 1 aromatic rings. The predicted octanol–water partition coefficient (Wildman–Crippen LogP) is 0.321. The molecule has 2 heteroatoms. The summed E-state index contributed by atoms with van der Waals surface area (Å²) in [7, 11) is 0. The highest BCUT2D eigenvalue weighted by atomic mass is 14.7. The molecule has 0 N–H and O–H groups in total. The zero-order valence-electron chi connectivity index (χ0n) is 6.94. The summed E-state index contributed by atoms with van der Waals surface area (Å²) in [6.45, 7) is 2.12. The van der Waals surface area contributed by atoms with Crippen LogP contribution in [0.3, 0.4) is 0 Å². The lowest BCUT2D eigenvalue weighted by molar-refractivity contribution is 1.09. The molecule has 1 aromatic heterocycles. The Labute approximate surface area is 71.0 Å². The zero-order valence-corrected chi connectivity index (χ0v) is 6.94. The average molecular weight is 158 g/mol. The van der Waals surface area contributed by atoms with E-state index in [1.54, 1.807) is 6.20 Å². The minimum Gasteiger partial charge on any atom is -0.268 e. The predicted molar refractivity (Wildman–Crippen MR) is 50.1 cm³/mol. The fraction of sp³-hybridized carbons (Fsp3) is 0.200. The van der Waals surface area contributed by atoms with Crippen LogP contribution in [-0.4, -0.2) is 11.2 Å². The van der Waals surface area contributed by atoms with Gasteiger partial charge >= 0.3 is 0 Å². The number of hydrogen-bond donors (Lipinski definition) is 0. The summed E-state index contributed by atoms with van der Waals surface area (Å²) in [5.41, 5.74) is 0. The Morgan fingerprint density at radius 1 is 1.33 bits per heavy atom. The van der Waals surface area contributed by atoms with Gasteiger partial charge in [0, 0.05) is 35.9 Å². The molecule has 60 valence electrons. The quantitative estimate of drug-likeness (QED) is 0.534. The van der Waals surface area contributed by atoms with E-state index in [0.717, 1.165) is 5.22 Å². The summed E-state index contributed by atoms with van der Waals surface area (Å²) in [6.07, 6.45) is 9.61. The first-order chi connectivity index (χ1) is 5.86. The minimum atomic E-state index is 0.407. The highest BCUT2D eigenvalue weighted by Crippen LogP contribution is 1.93. The summed E-state index contributed by atoms with van der Waals surface area (Å²) < 4.78 is 0. The lowest BCUT2D eigenvalue weighted by Gasteiger charge is -1.92. The van der Waals surface area contributed by atoms with Crippen molar-refractivity contribution in [1.29, 1.82) is 0 Å². The van der Waals surface area contributed by atoms with Crippen molar-refractivity contribution in [2.75, 3.05) is 0 Å². The van der Waals surface area contributed by atoms with Crippen LogP contribution in [0.15, 0.2) is 23.5 Å². The van der Waals surface area contributed by atoms with Crippen molar-refractivity contribution in [1.82, 2.24) is 4.98 Å². The van der Waals surface area contributed by atoms with Gasteiger partial charge in [-0.25, -0.2) is 0 Å².